The smallest absolute Gasteiger partial charge is 0.259 e. The molecule has 0 saturated carbocycles. The van der Waals surface area contributed by atoms with Crippen molar-refractivity contribution in [2.75, 3.05) is 0 Å². The Hall–Kier alpha value is -1.35. The molecule has 0 aliphatic carbocycles. The predicted molar refractivity (Wildman–Crippen MR) is 54.2 cm³/mol. The van der Waals surface area contributed by atoms with Crippen LogP contribution in [-0.4, -0.2) is 10.1 Å². The standard InChI is InChI=1S/C10H9ClN2O/c1-6-4-3-5-8(11)9(6)10-12-7(2)13-14-10/h3-5H,1-2H3. The summed E-state index contributed by atoms with van der Waals surface area (Å²) in [5.74, 6) is 1.09. The third-order valence-electron chi connectivity index (χ3n) is 1.96. The van der Waals surface area contributed by atoms with Gasteiger partial charge in [-0.3, -0.25) is 0 Å². The highest BCUT2D eigenvalue weighted by Gasteiger charge is 2.12. The zero-order valence-electron chi connectivity index (χ0n) is 7.91. The zero-order chi connectivity index (χ0) is 10.1. The van der Waals surface area contributed by atoms with Gasteiger partial charge in [-0.25, -0.2) is 0 Å². The van der Waals surface area contributed by atoms with Crippen LogP contribution in [0.1, 0.15) is 11.4 Å². The van der Waals surface area contributed by atoms with E-state index in [9.17, 15) is 0 Å². The maximum Gasteiger partial charge on any atom is 0.259 e. The average molecular weight is 209 g/mol. The van der Waals surface area contributed by atoms with Crippen molar-refractivity contribution in [3.05, 3.63) is 34.6 Å². The molecule has 0 spiro atoms. The van der Waals surface area contributed by atoms with Crippen molar-refractivity contribution in [1.82, 2.24) is 10.1 Å². The number of benzene rings is 1. The van der Waals surface area contributed by atoms with Gasteiger partial charge in [0, 0.05) is 0 Å². The number of aromatic nitrogens is 2. The summed E-state index contributed by atoms with van der Waals surface area (Å²) in [7, 11) is 0. The van der Waals surface area contributed by atoms with E-state index in [1.54, 1.807) is 6.92 Å². The molecule has 0 atom stereocenters. The lowest BCUT2D eigenvalue weighted by Crippen LogP contribution is -1.84. The number of rotatable bonds is 1. The van der Waals surface area contributed by atoms with Crippen molar-refractivity contribution in [3.63, 3.8) is 0 Å². The summed E-state index contributed by atoms with van der Waals surface area (Å²) >= 11 is 6.05. The molecule has 72 valence electrons. The molecule has 1 aromatic heterocycles. The zero-order valence-corrected chi connectivity index (χ0v) is 8.67. The molecular weight excluding hydrogens is 200 g/mol. The van der Waals surface area contributed by atoms with Crippen LogP contribution in [0.5, 0.6) is 0 Å². The van der Waals surface area contributed by atoms with E-state index in [1.807, 2.05) is 25.1 Å². The number of hydrogen-bond acceptors (Lipinski definition) is 3. The first-order valence-electron chi connectivity index (χ1n) is 4.24. The lowest BCUT2D eigenvalue weighted by molar-refractivity contribution is 0.425. The molecule has 0 bridgehead atoms. The van der Waals surface area contributed by atoms with Gasteiger partial charge in [-0.15, -0.1) is 0 Å². The Morgan fingerprint density at radius 3 is 2.64 bits per heavy atom. The molecule has 1 heterocycles. The highest BCUT2D eigenvalue weighted by atomic mass is 35.5. The van der Waals surface area contributed by atoms with Gasteiger partial charge in [0.1, 0.15) is 0 Å². The number of halogens is 1. The highest BCUT2D eigenvalue weighted by Crippen LogP contribution is 2.29. The molecule has 2 aromatic rings. The minimum absolute atomic E-state index is 0.477. The second-order valence-corrected chi connectivity index (χ2v) is 3.49. The maximum absolute atomic E-state index is 6.05. The van der Waals surface area contributed by atoms with Crippen LogP contribution in [0.3, 0.4) is 0 Å². The Morgan fingerprint density at radius 2 is 2.07 bits per heavy atom. The van der Waals surface area contributed by atoms with E-state index in [-0.39, 0.29) is 0 Å². The topological polar surface area (TPSA) is 38.9 Å². The van der Waals surface area contributed by atoms with E-state index >= 15 is 0 Å². The van der Waals surface area contributed by atoms with Gasteiger partial charge < -0.3 is 4.52 Å². The normalized spacial score (nSPS) is 10.5. The highest BCUT2D eigenvalue weighted by molar-refractivity contribution is 6.33. The van der Waals surface area contributed by atoms with Crippen molar-refractivity contribution in [2.45, 2.75) is 13.8 Å². The first-order chi connectivity index (χ1) is 6.68. The van der Waals surface area contributed by atoms with Crippen LogP contribution in [0.4, 0.5) is 0 Å². The fourth-order valence-corrected chi connectivity index (χ4v) is 1.60. The van der Waals surface area contributed by atoms with E-state index in [0.717, 1.165) is 11.1 Å². The summed E-state index contributed by atoms with van der Waals surface area (Å²) in [6.45, 7) is 3.74. The minimum Gasteiger partial charge on any atom is -0.334 e. The monoisotopic (exact) mass is 208 g/mol. The summed E-state index contributed by atoms with van der Waals surface area (Å²) in [5, 5.41) is 4.36. The summed E-state index contributed by atoms with van der Waals surface area (Å²) in [6, 6.07) is 5.66. The predicted octanol–water partition coefficient (Wildman–Crippen LogP) is 3.01. The van der Waals surface area contributed by atoms with Crippen LogP contribution >= 0.6 is 11.6 Å². The van der Waals surface area contributed by atoms with Crippen LogP contribution in [-0.2, 0) is 0 Å². The Morgan fingerprint density at radius 1 is 1.29 bits per heavy atom. The van der Waals surface area contributed by atoms with Crippen molar-refractivity contribution >= 4 is 11.6 Å². The molecule has 0 amide bonds. The number of aryl methyl sites for hydroxylation is 2. The van der Waals surface area contributed by atoms with E-state index in [0.29, 0.717) is 16.7 Å². The van der Waals surface area contributed by atoms with Crippen molar-refractivity contribution in [1.29, 1.82) is 0 Å². The third-order valence-corrected chi connectivity index (χ3v) is 2.28. The molecule has 1 aromatic carbocycles. The summed E-state index contributed by atoms with van der Waals surface area (Å²) < 4.78 is 5.07. The van der Waals surface area contributed by atoms with Gasteiger partial charge in [-0.1, -0.05) is 28.9 Å². The van der Waals surface area contributed by atoms with Gasteiger partial charge in [0.25, 0.3) is 5.89 Å². The number of nitrogens with zero attached hydrogens (tertiary/aromatic N) is 2. The number of hydrogen-bond donors (Lipinski definition) is 0. The lowest BCUT2D eigenvalue weighted by Gasteiger charge is -2.01. The fourth-order valence-electron chi connectivity index (χ4n) is 1.30. The Labute approximate surface area is 86.7 Å². The lowest BCUT2D eigenvalue weighted by atomic mass is 10.1. The average Bonchev–Trinajstić information content (AvgIpc) is 2.51. The Balaban J connectivity index is 2.61. The van der Waals surface area contributed by atoms with E-state index < -0.39 is 0 Å². The molecule has 0 aliphatic heterocycles. The summed E-state index contributed by atoms with van der Waals surface area (Å²) in [4.78, 5) is 4.14. The van der Waals surface area contributed by atoms with Crippen LogP contribution < -0.4 is 0 Å². The Kier molecular flexibility index (Phi) is 2.25. The van der Waals surface area contributed by atoms with Gasteiger partial charge in [-0.05, 0) is 25.5 Å². The van der Waals surface area contributed by atoms with Crippen molar-refractivity contribution in [3.8, 4) is 11.5 Å². The second kappa shape index (κ2) is 3.42. The molecule has 14 heavy (non-hydrogen) atoms. The first kappa shape index (κ1) is 9.21. The van der Waals surface area contributed by atoms with Crippen LogP contribution in [0.15, 0.2) is 22.7 Å². The van der Waals surface area contributed by atoms with Gasteiger partial charge in [0.05, 0.1) is 10.6 Å². The summed E-state index contributed by atoms with van der Waals surface area (Å²) in [6.07, 6.45) is 0. The molecule has 2 rings (SSSR count). The fraction of sp³-hybridized carbons (Fsp3) is 0.200. The van der Waals surface area contributed by atoms with Gasteiger partial charge in [0.15, 0.2) is 5.82 Å². The van der Waals surface area contributed by atoms with Crippen molar-refractivity contribution < 1.29 is 4.52 Å². The molecule has 0 saturated heterocycles. The van der Waals surface area contributed by atoms with Crippen molar-refractivity contribution in [2.24, 2.45) is 0 Å². The van der Waals surface area contributed by atoms with Crippen LogP contribution in [0, 0.1) is 13.8 Å². The minimum atomic E-state index is 0.477. The molecule has 4 heteroatoms. The second-order valence-electron chi connectivity index (χ2n) is 3.08. The molecule has 0 unspecified atom stereocenters. The quantitative estimate of drug-likeness (QED) is 0.723. The van der Waals surface area contributed by atoms with E-state index in [4.69, 9.17) is 16.1 Å². The SMILES string of the molecule is Cc1noc(-c2c(C)cccc2Cl)n1. The van der Waals surface area contributed by atoms with E-state index in [1.165, 1.54) is 0 Å². The molecule has 3 nitrogen and oxygen atoms in total. The maximum atomic E-state index is 6.05. The summed E-state index contributed by atoms with van der Waals surface area (Å²) in [5.41, 5.74) is 1.84. The molecule has 0 N–H and O–H groups in total. The van der Waals surface area contributed by atoms with Gasteiger partial charge in [0.2, 0.25) is 0 Å². The molecule has 0 radical (unpaired) electrons. The first-order valence-corrected chi connectivity index (χ1v) is 4.62. The molecule has 0 fully saturated rings. The van der Waals surface area contributed by atoms with Gasteiger partial charge in [-0.2, -0.15) is 4.98 Å². The van der Waals surface area contributed by atoms with Crippen LogP contribution in [0.25, 0.3) is 11.5 Å². The van der Waals surface area contributed by atoms with Crippen LogP contribution in [0.2, 0.25) is 5.02 Å². The Bertz CT molecular complexity index is 445. The van der Waals surface area contributed by atoms with Gasteiger partial charge >= 0.3 is 0 Å². The van der Waals surface area contributed by atoms with E-state index in [2.05, 4.69) is 10.1 Å². The molecule has 0 aliphatic rings. The largest absolute Gasteiger partial charge is 0.334 e. The molecular formula is C10H9ClN2O. The third kappa shape index (κ3) is 1.51.